The number of anilines is 1. The van der Waals surface area contributed by atoms with Gasteiger partial charge in [0.2, 0.25) is 5.95 Å². The van der Waals surface area contributed by atoms with E-state index < -0.39 is 0 Å². The molecule has 0 spiro atoms. The number of nitrogens with zero attached hydrogens (tertiary/aromatic N) is 3. The summed E-state index contributed by atoms with van der Waals surface area (Å²) in [6.07, 6.45) is 7.67. The number of piperidine rings is 1. The van der Waals surface area contributed by atoms with E-state index in [1.807, 2.05) is 26.0 Å². The predicted molar refractivity (Wildman–Crippen MR) is 127 cm³/mol. The summed E-state index contributed by atoms with van der Waals surface area (Å²) in [4.78, 5) is 23.3. The average Bonchev–Trinajstić information content (AvgIpc) is 2.77. The second-order valence-corrected chi connectivity index (χ2v) is 9.05. The molecule has 1 amide bonds. The zero-order chi connectivity index (χ0) is 23.1. The number of nitrogens with one attached hydrogen (secondary N) is 1. The number of halogens is 1. The molecule has 1 aromatic heterocycles. The minimum atomic E-state index is -0.275. The van der Waals surface area contributed by atoms with E-state index in [-0.39, 0.29) is 18.6 Å². The Bertz CT molecular complexity index is 876. The molecule has 3 rings (SSSR count). The van der Waals surface area contributed by atoms with Crippen molar-refractivity contribution < 1.29 is 14.6 Å². The summed E-state index contributed by atoms with van der Waals surface area (Å²) in [7, 11) is 0. The third-order valence-electron chi connectivity index (χ3n) is 5.91. The lowest BCUT2D eigenvalue weighted by molar-refractivity contribution is 0.0921. The van der Waals surface area contributed by atoms with E-state index in [0.29, 0.717) is 23.1 Å². The van der Waals surface area contributed by atoms with Crippen molar-refractivity contribution in [3.05, 3.63) is 46.2 Å². The van der Waals surface area contributed by atoms with Crippen LogP contribution in [0.3, 0.4) is 0 Å². The van der Waals surface area contributed by atoms with Gasteiger partial charge in [-0.05, 0) is 75.6 Å². The van der Waals surface area contributed by atoms with Crippen LogP contribution >= 0.6 is 11.6 Å². The first-order valence-electron chi connectivity index (χ1n) is 11.3. The van der Waals surface area contributed by atoms with Crippen LogP contribution in [0.15, 0.2) is 24.5 Å². The van der Waals surface area contributed by atoms with E-state index in [1.54, 1.807) is 19.3 Å². The molecule has 7 nitrogen and oxygen atoms in total. The smallest absolute Gasteiger partial charge is 0.252 e. The Labute approximate surface area is 195 Å². The lowest BCUT2D eigenvalue weighted by Gasteiger charge is -2.32. The number of aliphatic hydroxyl groups is 1. The zero-order valence-electron chi connectivity index (χ0n) is 19.1. The number of benzene rings is 1. The van der Waals surface area contributed by atoms with Crippen LogP contribution in [0, 0.1) is 19.8 Å². The van der Waals surface area contributed by atoms with Gasteiger partial charge in [0.25, 0.3) is 5.91 Å². The maximum Gasteiger partial charge on any atom is 0.252 e. The number of aliphatic hydroxyl groups excluding tert-OH is 1. The second-order valence-electron chi connectivity index (χ2n) is 8.61. The summed E-state index contributed by atoms with van der Waals surface area (Å²) in [5.74, 6) is 2.07. The van der Waals surface area contributed by atoms with Gasteiger partial charge in [0, 0.05) is 24.7 Å². The van der Waals surface area contributed by atoms with E-state index in [0.717, 1.165) is 61.6 Å². The molecule has 0 radical (unpaired) electrons. The Morgan fingerprint density at radius 3 is 2.47 bits per heavy atom. The molecule has 174 valence electrons. The molecule has 1 saturated heterocycles. The van der Waals surface area contributed by atoms with Gasteiger partial charge in [-0.15, -0.1) is 0 Å². The molecule has 2 aromatic rings. The largest absolute Gasteiger partial charge is 0.494 e. The van der Waals surface area contributed by atoms with Gasteiger partial charge in [0.1, 0.15) is 5.75 Å². The first kappa shape index (κ1) is 24.3. The lowest BCUT2D eigenvalue weighted by atomic mass is 9.92. The number of aryl methyl sites for hydroxylation is 2. The molecule has 2 N–H and O–H groups in total. The summed E-state index contributed by atoms with van der Waals surface area (Å²) < 4.78 is 5.98. The van der Waals surface area contributed by atoms with Crippen LogP contribution in [-0.4, -0.2) is 53.3 Å². The van der Waals surface area contributed by atoms with Crippen LogP contribution in [0.4, 0.5) is 5.95 Å². The molecule has 0 bridgehead atoms. The summed E-state index contributed by atoms with van der Waals surface area (Å²) in [6.45, 7) is 8.10. The van der Waals surface area contributed by atoms with Crippen LogP contribution in [-0.2, 0) is 0 Å². The van der Waals surface area contributed by atoms with Gasteiger partial charge in [0.15, 0.2) is 0 Å². The Morgan fingerprint density at radius 1 is 1.25 bits per heavy atom. The molecule has 8 heteroatoms. The fourth-order valence-electron chi connectivity index (χ4n) is 4.16. The molecule has 0 saturated carbocycles. The summed E-state index contributed by atoms with van der Waals surface area (Å²) in [6, 6.07) is 3.55. The van der Waals surface area contributed by atoms with E-state index in [4.69, 9.17) is 21.4 Å². The molecule has 2 heterocycles. The average molecular weight is 461 g/mol. The van der Waals surface area contributed by atoms with Crippen molar-refractivity contribution in [1.82, 2.24) is 15.3 Å². The number of carbonyl (C=O) groups is 1. The van der Waals surface area contributed by atoms with Crippen molar-refractivity contribution in [2.45, 2.75) is 52.5 Å². The zero-order valence-corrected chi connectivity index (χ0v) is 19.9. The minimum Gasteiger partial charge on any atom is -0.494 e. The van der Waals surface area contributed by atoms with Crippen molar-refractivity contribution in [3.8, 4) is 5.75 Å². The minimum absolute atomic E-state index is 0.0844. The van der Waals surface area contributed by atoms with Crippen molar-refractivity contribution in [2.24, 2.45) is 5.92 Å². The molecule has 0 aliphatic carbocycles. The number of hydrogen-bond acceptors (Lipinski definition) is 6. The summed E-state index contributed by atoms with van der Waals surface area (Å²) >= 11 is 5.87. The lowest BCUT2D eigenvalue weighted by Crippen LogP contribution is -2.35. The third-order valence-corrected chi connectivity index (χ3v) is 6.11. The van der Waals surface area contributed by atoms with Crippen molar-refractivity contribution in [3.63, 3.8) is 0 Å². The van der Waals surface area contributed by atoms with E-state index in [9.17, 15) is 4.79 Å². The van der Waals surface area contributed by atoms with Crippen molar-refractivity contribution >= 4 is 23.5 Å². The normalized spacial score (nSPS) is 15.5. The highest BCUT2D eigenvalue weighted by molar-refractivity contribution is 6.30. The van der Waals surface area contributed by atoms with Crippen LogP contribution in [0.1, 0.15) is 54.1 Å². The number of ether oxygens (including phenoxy) is 1. The Hall–Kier alpha value is -2.38. The van der Waals surface area contributed by atoms with Gasteiger partial charge >= 0.3 is 0 Å². The van der Waals surface area contributed by atoms with E-state index in [1.165, 1.54) is 0 Å². The summed E-state index contributed by atoms with van der Waals surface area (Å²) in [5.41, 5.74) is 2.40. The fraction of sp³-hybridized carbons (Fsp3) is 0.542. The first-order chi connectivity index (χ1) is 15.4. The molecule has 1 aromatic carbocycles. The Balaban J connectivity index is 1.42. The van der Waals surface area contributed by atoms with Gasteiger partial charge in [-0.1, -0.05) is 11.6 Å². The highest BCUT2D eigenvalue weighted by Gasteiger charge is 2.21. The predicted octanol–water partition coefficient (Wildman–Crippen LogP) is 3.93. The molecular weight excluding hydrogens is 428 g/mol. The quantitative estimate of drug-likeness (QED) is 0.551. The molecule has 1 aliphatic rings. The van der Waals surface area contributed by atoms with Gasteiger partial charge in [0.05, 0.1) is 30.6 Å². The van der Waals surface area contributed by atoms with Gasteiger partial charge in [-0.3, -0.25) is 4.79 Å². The van der Waals surface area contributed by atoms with Crippen molar-refractivity contribution in [1.29, 1.82) is 0 Å². The molecule has 0 unspecified atom stereocenters. The van der Waals surface area contributed by atoms with Crippen LogP contribution in [0.25, 0.3) is 0 Å². The first-order valence-corrected chi connectivity index (χ1v) is 11.6. The Morgan fingerprint density at radius 2 is 1.88 bits per heavy atom. The molecule has 1 fully saturated rings. The van der Waals surface area contributed by atoms with Gasteiger partial charge < -0.3 is 20.1 Å². The number of aromatic nitrogens is 2. The van der Waals surface area contributed by atoms with Crippen LogP contribution in [0.2, 0.25) is 5.02 Å². The standard InChI is InChI=1S/C24H33ClN4O3/c1-16-11-21(12-17(2)22(16)23(31)28-18(3)15-30)32-10-4-5-19-6-8-29(9-7-19)24-26-13-20(25)14-27-24/h11-14,18-19,30H,4-10,15H2,1-3H3,(H,28,31)/t18-/m1/s1. The molecule has 1 atom stereocenters. The highest BCUT2D eigenvalue weighted by Crippen LogP contribution is 2.26. The van der Waals surface area contributed by atoms with Crippen LogP contribution < -0.4 is 15.0 Å². The maximum atomic E-state index is 12.5. The van der Waals surface area contributed by atoms with Gasteiger partial charge in [-0.25, -0.2) is 9.97 Å². The molecule has 32 heavy (non-hydrogen) atoms. The SMILES string of the molecule is Cc1cc(OCCCC2CCN(c3ncc(Cl)cn3)CC2)cc(C)c1C(=O)N[C@H](C)CO. The molecular formula is C24H33ClN4O3. The fourth-order valence-corrected chi connectivity index (χ4v) is 4.26. The van der Waals surface area contributed by atoms with Gasteiger partial charge in [-0.2, -0.15) is 0 Å². The number of carbonyl (C=O) groups excluding carboxylic acids is 1. The number of hydrogen-bond donors (Lipinski definition) is 2. The van der Waals surface area contributed by atoms with E-state index >= 15 is 0 Å². The highest BCUT2D eigenvalue weighted by atomic mass is 35.5. The second kappa shape index (κ2) is 11.5. The monoisotopic (exact) mass is 460 g/mol. The summed E-state index contributed by atoms with van der Waals surface area (Å²) in [5, 5.41) is 12.5. The third kappa shape index (κ3) is 6.56. The van der Waals surface area contributed by atoms with E-state index in [2.05, 4.69) is 20.2 Å². The molecule has 1 aliphatic heterocycles. The number of rotatable bonds is 9. The number of amides is 1. The van der Waals surface area contributed by atoms with Crippen molar-refractivity contribution in [2.75, 3.05) is 31.2 Å². The topological polar surface area (TPSA) is 87.6 Å². The maximum absolute atomic E-state index is 12.5. The van der Waals surface area contributed by atoms with Crippen LogP contribution in [0.5, 0.6) is 5.75 Å². The Kier molecular flexibility index (Phi) is 8.70.